The van der Waals surface area contributed by atoms with Crippen LogP contribution in [0.5, 0.6) is 23.0 Å². The summed E-state index contributed by atoms with van der Waals surface area (Å²) in [7, 11) is 5.95. The average molecular weight is 490 g/mol. The third-order valence-electron chi connectivity index (χ3n) is 6.10. The van der Waals surface area contributed by atoms with Crippen LogP contribution in [0.3, 0.4) is 0 Å². The number of Topliss-reactive ketones (excluding diaryl/α,β-unsaturated/α-hetero) is 1. The minimum atomic E-state index is -0.965. The van der Waals surface area contributed by atoms with Gasteiger partial charge in [0.25, 0.3) is 11.7 Å². The van der Waals surface area contributed by atoms with Gasteiger partial charge >= 0.3 is 0 Å². The Morgan fingerprint density at radius 1 is 0.833 bits per heavy atom. The summed E-state index contributed by atoms with van der Waals surface area (Å²) in [5.41, 5.74) is 2.27. The minimum absolute atomic E-state index is 0.0666. The fourth-order valence-corrected chi connectivity index (χ4v) is 4.30. The van der Waals surface area contributed by atoms with Crippen molar-refractivity contribution in [3.05, 3.63) is 82.9 Å². The van der Waals surface area contributed by atoms with Gasteiger partial charge in [-0.2, -0.15) is 0 Å². The first-order valence-corrected chi connectivity index (χ1v) is 11.2. The molecular weight excluding hydrogens is 462 g/mol. The zero-order chi connectivity index (χ0) is 26.0. The fraction of sp³-hybridized carbons (Fsp3) is 0.214. The zero-order valence-electron chi connectivity index (χ0n) is 20.7. The third kappa shape index (κ3) is 4.22. The highest BCUT2D eigenvalue weighted by Crippen LogP contribution is 2.47. The molecule has 3 aromatic rings. The van der Waals surface area contributed by atoms with Crippen molar-refractivity contribution in [3.63, 3.8) is 0 Å². The predicted octanol–water partition coefficient (Wildman–Crippen LogP) is 4.66. The van der Waals surface area contributed by atoms with Gasteiger partial charge in [0.2, 0.25) is 5.75 Å². The molecule has 36 heavy (non-hydrogen) atoms. The molecule has 1 aliphatic heterocycles. The van der Waals surface area contributed by atoms with Gasteiger partial charge in [0.1, 0.15) is 11.5 Å². The van der Waals surface area contributed by atoms with E-state index in [0.29, 0.717) is 39.8 Å². The summed E-state index contributed by atoms with van der Waals surface area (Å²) >= 11 is 0. The molecule has 0 radical (unpaired) electrons. The molecule has 0 aromatic heterocycles. The normalized spacial score (nSPS) is 16.7. The highest BCUT2D eigenvalue weighted by Gasteiger charge is 2.47. The van der Waals surface area contributed by atoms with Crippen molar-refractivity contribution >= 4 is 23.1 Å². The topological polar surface area (TPSA) is 94.5 Å². The lowest BCUT2D eigenvalue weighted by Crippen LogP contribution is -2.29. The van der Waals surface area contributed by atoms with Crippen LogP contribution in [0.2, 0.25) is 0 Å². The first kappa shape index (κ1) is 24.7. The molecule has 1 aliphatic rings. The Morgan fingerprint density at radius 2 is 1.47 bits per heavy atom. The molecule has 8 heteroatoms. The Morgan fingerprint density at radius 3 is 2.03 bits per heavy atom. The summed E-state index contributed by atoms with van der Waals surface area (Å²) in [6.45, 7) is 1.93. The predicted molar refractivity (Wildman–Crippen MR) is 135 cm³/mol. The number of carbonyl (C=O) groups is 2. The van der Waals surface area contributed by atoms with E-state index in [0.717, 1.165) is 5.56 Å². The van der Waals surface area contributed by atoms with Crippen LogP contribution < -0.4 is 23.8 Å². The lowest BCUT2D eigenvalue weighted by Gasteiger charge is -2.26. The zero-order valence-corrected chi connectivity index (χ0v) is 20.7. The second kappa shape index (κ2) is 10.0. The number of hydrogen-bond donors (Lipinski definition) is 1. The monoisotopic (exact) mass is 489 g/mol. The summed E-state index contributed by atoms with van der Waals surface area (Å²) in [4.78, 5) is 28.2. The van der Waals surface area contributed by atoms with Gasteiger partial charge in [0.15, 0.2) is 11.5 Å². The fourth-order valence-electron chi connectivity index (χ4n) is 4.30. The Kier molecular flexibility index (Phi) is 6.87. The number of anilines is 1. The van der Waals surface area contributed by atoms with Crippen LogP contribution in [0.25, 0.3) is 5.76 Å². The van der Waals surface area contributed by atoms with Crippen molar-refractivity contribution in [1.82, 2.24) is 0 Å². The van der Waals surface area contributed by atoms with Gasteiger partial charge in [0, 0.05) is 11.3 Å². The number of ketones is 1. The maximum absolute atomic E-state index is 13.4. The number of carbonyl (C=O) groups excluding carboxylic acids is 2. The lowest BCUT2D eigenvalue weighted by molar-refractivity contribution is -0.132. The Balaban J connectivity index is 2.01. The van der Waals surface area contributed by atoms with Crippen LogP contribution >= 0.6 is 0 Å². The second-order valence-corrected chi connectivity index (χ2v) is 8.20. The van der Waals surface area contributed by atoms with Crippen LogP contribution in [0.1, 0.15) is 22.7 Å². The number of aryl methyl sites for hydroxylation is 1. The number of ether oxygens (including phenoxy) is 4. The van der Waals surface area contributed by atoms with Crippen LogP contribution in [-0.2, 0) is 9.59 Å². The number of aliphatic hydroxyl groups is 1. The summed E-state index contributed by atoms with van der Waals surface area (Å²) in [6, 6.07) is 16.2. The number of nitrogens with zero attached hydrogens (tertiary/aromatic N) is 1. The Bertz CT molecular complexity index is 1320. The minimum Gasteiger partial charge on any atom is -0.507 e. The molecule has 186 valence electrons. The van der Waals surface area contributed by atoms with Gasteiger partial charge in [0.05, 0.1) is 40.1 Å². The molecule has 0 bridgehead atoms. The largest absolute Gasteiger partial charge is 0.507 e. The van der Waals surface area contributed by atoms with Crippen molar-refractivity contribution in [2.24, 2.45) is 0 Å². The first-order chi connectivity index (χ1) is 17.3. The third-order valence-corrected chi connectivity index (χ3v) is 6.10. The summed E-state index contributed by atoms with van der Waals surface area (Å²) in [5, 5.41) is 11.4. The lowest BCUT2D eigenvalue weighted by atomic mass is 9.94. The highest BCUT2D eigenvalue weighted by molar-refractivity contribution is 6.51. The molecule has 1 heterocycles. The molecule has 3 aromatic carbocycles. The molecule has 0 spiro atoms. The van der Waals surface area contributed by atoms with Gasteiger partial charge < -0.3 is 24.1 Å². The van der Waals surface area contributed by atoms with Crippen molar-refractivity contribution < 1.29 is 33.6 Å². The molecule has 8 nitrogen and oxygen atoms in total. The van der Waals surface area contributed by atoms with E-state index in [1.54, 1.807) is 48.5 Å². The standard InChI is InChI=1S/C28H27NO7/c1-16-9-11-19(12-10-16)29-24(18-14-21(34-3)27(36-5)22(15-18)35-4)23(26(31)28(29)32)25(30)17-7-6-8-20(13-17)33-2/h6-15,24,30H,1-5H3/b25-23+. The van der Waals surface area contributed by atoms with E-state index >= 15 is 0 Å². The number of methoxy groups -OCH3 is 4. The smallest absolute Gasteiger partial charge is 0.300 e. The van der Waals surface area contributed by atoms with E-state index in [1.807, 2.05) is 19.1 Å². The molecule has 1 atom stereocenters. The molecule has 0 aliphatic carbocycles. The van der Waals surface area contributed by atoms with Crippen LogP contribution in [-0.4, -0.2) is 45.2 Å². The highest BCUT2D eigenvalue weighted by atomic mass is 16.5. The summed E-state index contributed by atoms with van der Waals surface area (Å²) in [5.74, 6) is -0.331. The van der Waals surface area contributed by atoms with E-state index in [-0.39, 0.29) is 11.3 Å². The van der Waals surface area contributed by atoms with Crippen molar-refractivity contribution in [1.29, 1.82) is 0 Å². The average Bonchev–Trinajstić information content (AvgIpc) is 3.17. The van der Waals surface area contributed by atoms with Gasteiger partial charge in [-0.15, -0.1) is 0 Å². The van der Waals surface area contributed by atoms with E-state index in [1.165, 1.54) is 33.3 Å². The molecule has 1 amide bonds. The first-order valence-electron chi connectivity index (χ1n) is 11.2. The van der Waals surface area contributed by atoms with E-state index in [2.05, 4.69) is 0 Å². The molecule has 1 N–H and O–H groups in total. The van der Waals surface area contributed by atoms with Gasteiger partial charge in [-0.3, -0.25) is 14.5 Å². The molecule has 0 saturated carbocycles. The van der Waals surface area contributed by atoms with Gasteiger partial charge in [-0.05, 0) is 48.9 Å². The maximum atomic E-state index is 13.4. The molecule has 1 saturated heterocycles. The SMILES string of the molecule is COc1cccc(/C(O)=C2\C(=O)C(=O)N(c3ccc(C)cc3)C2c2cc(OC)c(OC)c(OC)c2)c1. The maximum Gasteiger partial charge on any atom is 0.300 e. The molecule has 1 fully saturated rings. The van der Waals surface area contributed by atoms with Crippen LogP contribution in [0, 0.1) is 6.92 Å². The van der Waals surface area contributed by atoms with Gasteiger partial charge in [-0.1, -0.05) is 29.8 Å². The molecule has 4 rings (SSSR count). The number of amides is 1. The van der Waals surface area contributed by atoms with Crippen molar-refractivity contribution in [3.8, 4) is 23.0 Å². The molecule has 1 unspecified atom stereocenters. The number of benzene rings is 3. The summed E-state index contributed by atoms with van der Waals surface area (Å²) < 4.78 is 21.7. The Labute approximate surface area is 209 Å². The number of hydrogen-bond acceptors (Lipinski definition) is 7. The van der Waals surface area contributed by atoms with Crippen molar-refractivity contribution in [2.45, 2.75) is 13.0 Å². The number of aliphatic hydroxyl groups excluding tert-OH is 1. The Hall–Kier alpha value is -4.46. The molecular formula is C28H27NO7. The van der Waals surface area contributed by atoms with Crippen molar-refractivity contribution in [2.75, 3.05) is 33.3 Å². The number of rotatable bonds is 7. The summed E-state index contributed by atoms with van der Waals surface area (Å²) in [6.07, 6.45) is 0. The van der Waals surface area contributed by atoms with Gasteiger partial charge in [-0.25, -0.2) is 0 Å². The van der Waals surface area contributed by atoms with E-state index in [9.17, 15) is 14.7 Å². The van der Waals surface area contributed by atoms with Crippen LogP contribution in [0.15, 0.2) is 66.2 Å². The quantitative estimate of drug-likeness (QED) is 0.293. The van der Waals surface area contributed by atoms with E-state index < -0.39 is 17.7 Å². The van der Waals surface area contributed by atoms with E-state index in [4.69, 9.17) is 18.9 Å². The van der Waals surface area contributed by atoms with Crippen LogP contribution in [0.4, 0.5) is 5.69 Å². The second-order valence-electron chi connectivity index (χ2n) is 8.20.